The fraction of sp³-hybridized carbons (Fsp3) is 0.714. The van der Waals surface area contributed by atoms with Gasteiger partial charge in [0.25, 0.3) is 0 Å². The van der Waals surface area contributed by atoms with Crippen LogP contribution in [0.25, 0.3) is 0 Å². The standard InChI is InChI=1S/C14H18N2O6/c1-5(14(20)21)15-11(17)6(2)16-12(18)9-7-3-4-8(22-7)10(9)13(16)19/h5-10H,3-4H2,1-2H3,(H,15,17)(H,20,21)/t5-,6?,7?,8?,9?,10?/m0/s1. The summed E-state index contributed by atoms with van der Waals surface area (Å²) in [6.07, 6.45) is 1.05. The molecule has 3 saturated heterocycles. The van der Waals surface area contributed by atoms with E-state index in [2.05, 4.69) is 5.32 Å². The number of aliphatic carboxylic acids is 1. The monoisotopic (exact) mass is 310 g/mol. The molecule has 3 amide bonds. The van der Waals surface area contributed by atoms with E-state index in [1.165, 1.54) is 13.8 Å². The number of imide groups is 1. The number of carboxylic acids is 1. The van der Waals surface area contributed by atoms with Gasteiger partial charge >= 0.3 is 5.97 Å². The van der Waals surface area contributed by atoms with Crippen molar-refractivity contribution in [3.05, 3.63) is 0 Å². The minimum Gasteiger partial charge on any atom is -0.480 e. The summed E-state index contributed by atoms with van der Waals surface area (Å²) in [6.45, 7) is 2.76. The lowest BCUT2D eigenvalue weighted by atomic mass is 9.81. The molecule has 3 aliphatic rings. The molecule has 0 spiro atoms. The molecule has 0 saturated carbocycles. The molecule has 120 valence electrons. The Morgan fingerprint density at radius 3 is 2.14 bits per heavy atom. The maximum Gasteiger partial charge on any atom is 0.325 e. The summed E-state index contributed by atoms with van der Waals surface area (Å²) in [5.74, 6) is -3.56. The first-order chi connectivity index (χ1) is 10.3. The van der Waals surface area contributed by atoms with Crippen LogP contribution in [0, 0.1) is 11.8 Å². The van der Waals surface area contributed by atoms with Crippen LogP contribution in [0.5, 0.6) is 0 Å². The Labute approximate surface area is 126 Å². The van der Waals surface area contributed by atoms with E-state index in [9.17, 15) is 19.2 Å². The van der Waals surface area contributed by atoms with Gasteiger partial charge in [-0.3, -0.25) is 24.1 Å². The largest absolute Gasteiger partial charge is 0.480 e. The molecule has 0 aliphatic carbocycles. The van der Waals surface area contributed by atoms with Crippen LogP contribution in [0.2, 0.25) is 0 Å². The summed E-state index contributed by atoms with van der Waals surface area (Å²) < 4.78 is 5.62. The fourth-order valence-electron chi connectivity index (χ4n) is 3.63. The molecule has 0 aromatic rings. The number of ether oxygens (including phenoxy) is 1. The van der Waals surface area contributed by atoms with Gasteiger partial charge < -0.3 is 15.2 Å². The molecule has 6 atom stereocenters. The molecule has 0 aromatic heterocycles. The Bertz CT molecular complexity index is 534. The molecule has 5 unspecified atom stereocenters. The summed E-state index contributed by atoms with van der Waals surface area (Å²) in [4.78, 5) is 48.8. The molecule has 2 N–H and O–H groups in total. The van der Waals surface area contributed by atoms with Gasteiger partial charge in [0.1, 0.15) is 12.1 Å². The molecule has 8 nitrogen and oxygen atoms in total. The van der Waals surface area contributed by atoms with E-state index >= 15 is 0 Å². The molecule has 3 aliphatic heterocycles. The minimum absolute atomic E-state index is 0.232. The number of hydrogen-bond acceptors (Lipinski definition) is 5. The van der Waals surface area contributed by atoms with E-state index in [-0.39, 0.29) is 24.0 Å². The number of nitrogens with zero attached hydrogens (tertiary/aromatic N) is 1. The lowest BCUT2D eigenvalue weighted by molar-refractivity contribution is -0.150. The quantitative estimate of drug-likeness (QED) is 0.652. The number of hydrogen-bond donors (Lipinski definition) is 2. The maximum atomic E-state index is 12.5. The lowest BCUT2D eigenvalue weighted by Gasteiger charge is -2.24. The van der Waals surface area contributed by atoms with Crippen LogP contribution >= 0.6 is 0 Å². The van der Waals surface area contributed by atoms with Crippen LogP contribution in [0.4, 0.5) is 0 Å². The topological polar surface area (TPSA) is 113 Å². The molecule has 3 fully saturated rings. The molecule has 0 aromatic carbocycles. The summed E-state index contributed by atoms with van der Waals surface area (Å²) in [7, 11) is 0. The smallest absolute Gasteiger partial charge is 0.325 e. The highest BCUT2D eigenvalue weighted by atomic mass is 16.5. The Balaban J connectivity index is 1.75. The van der Waals surface area contributed by atoms with Gasteiger partial charge in [-0.05, 0) is 26.7 Å². The van der Waals surface area contributed by atoms with Crippen molar-refractivity contribution in [2.45, 2.75) is 51.0 Å². The van der Waals surface area contributed by atoms with Gasteiger partial charge in [0.05, 0.1) is 24.0 Å². The van der Waals surface area contributed by atoms with Crippen molar-refractivity contribution in [1.82, 2.24) is 10.2 Å². The Morgan fingerprint density at radius 1 is 1.18 bits per heavy atom. The van der Waals surface area contributed by atoms with E-state index in [4.69, 9.17) is 9.84 Å². The molecular weight excluding hydrogens is 292 g/mol. The maximum absolute atomic E-state index is 12.5. The number of carboxylic acid groups (broad SMARTS) is 1. The van der Waals surface area contributed by atoms with Crippen molar-refractivity contribution in [1.29, 1.82) is 0 Å². The van der Waals surface area contributed by atoms with Gasteiger partial charge in [-0.2, -0.15) is 0 Å². The van der Waals surface area contributed by atoms with Crippen molar-refractivity contribution in [3.63, 3.8) is 0 Å². The minimum atomic E-state index is -1.18. The predicted molar refractivity (Wildman–Crippen MR) is 71.4 cm³/mol. The van der Waals surface area contributed by atoms with Crippen LogP contribution in [0.3, 0.4) is 0 Å². The summed E-state index contributed by atoms with van der Waals surface area (Å²) in [5, 5.41) is 11.1. The first-order valence-corrected chi connectivity index (χ1v) is 7.38. The Hall–Kier alpha value is -1.96. The third kappa shape index (κ3) is 2.01. The number of amides is 3. The van der Waals surface area contributed by atoms with E-state index in [1.807, 2.05) is 0 Å². The first-order valence-electron chi connectivity index (χ1n) is 7.38. The van der Waals surface area contributed by atoms with Gasteiger partial charge in [-0.25, -0.2) is 0 Å². The second-order valence-electron chi connectivity index (χ2n) is 6.13. The van der Waals surface area contributed by atoms with Crippen molar-refractivity contribution in [3.8, 4) is 0 Å². The lowest BCUT2D eigenvalue weighted by Crippen LogP contribution is -2.52. The van der Waals surface area contributed by atoms with E-state index in [0.29, 0.717) is 0 Å². The Kier molecular flexibility index (Phi) is 3.43. The highest BCUT2D eigenvalue weighted by molar-refractivity contribution is 6.09. The third-order valence-corrected chi connectivity index (χ3v) is 4.81. The van der Waals surface area contributed by atoms with Gasteiger partial charge in [0.2, 0.25) is 17.7 Å². The number of fused-ring (bicyclic) bond motifs is 5. The fourth-order valence-corrected chi connectivity index (χ4v) is 3.63. The van der Waals surface area contributed by atoms with Crippen LogP contribution < -0.4 is 5.32 Å². The molecule has 3 heterocycles. The van der Waals surface area contributed by atoms with Crippen LogP contribution in [-0.4, -0.2) is 58.0 Å². The van der Waals surface area contributed by atoms with Crippen LogP contribution in [-0.2, 0) is 23.9 Å². The van der Waals surface area contributed by atoms with Gasteiger partial charge in [0, 0.05) is 0 Å². The second kappa shape index (κ2) is 5.05. The Morgan fingerprint density at radius 2 is 1.68 bits per heavy atom. The van der Waals surface area contributed by atoms with Gasteiger partial charge in [0.15, 0.2) is 0 Å². The zero-order valence-electron chi connectivity index (χ0n) is 12.3. The number of carbonyl (C=O) groups excluding carboxylic acids is 3. The summed E-state index contributed by atoms with van der Waals surface area (Å²) in [6, 6.07) is -2.10. The zero-order chi connectivity index (χ0) is 16.2. The number of likely N-dealkylation sites (tertiary alicyclic amines) is 1. The van der Waals surface area contributed by atoms with E-state index in [1.54, 1.807) is 0 Å². The highest BCUT2D eigenvalue weighted by Gasteiger charge is 2.63. The summed E-state index contributed by atoms with van der Waals surface area (Å²) in [5.41, 5.74) is 0. The molecule has 3 rings (SSSR count). The first kappa shape index (κ1) is 15.0. The van der Waals surface area contributed by atoms with Gasteiger partial charge in [-0.15, -0.1) is 0 Å². The molecule has 22 heavy (non-hydrogen) atoms. The zero-order valence-corrected chi connectivity index (χ0v) is 12.3. The average molecular weight is 310 g/mol. The number of rotatable bonds is 4. The molecule has 8 heteroatoms. The molecule has 2 bridgehead atoms. The van der Waals surface area contributed by atoms with Crippen molar-refractivity contribution >= 4 is 23.7 Å². The van der Waals surface area contributed by atoms with Crippen LogP contribution in [0.1, 0.15) is 26.7 Å². The number of nitrogens with one attached hydrogen (secondary N) is 1. The predicted octanol–water partition coefficient (Wildman–Crippen LogP) is -0.873. The molecule has 0 radical (unpaired) electrons. The van der Waals surface area contributed by atoms with Crippen molar-refractivity contribution in [2.24, 2.45) is 11.8 Å². The normalized spacial score (nSPS) is 35.5. The summed E-state index contributed by atoms with van der Waals surface area (Å²) >= 11 is 0. The average Bonchev–Trinajstić information content (AvgIpc) is 3.12. The van der Waals surface area contributed by atoms with Crippen LogP contribution in [0.15, 0.2) is 0 Å². The van der Waals surface area contributed by atoms with E-state index in [0.717, 1.165) is 17.7 Å². The SMILES string of the molecule is CC(C(=O)N[C@@H](C)C(=O)O)N1C(=O)C2C3CCC(O3)C2C1=O. The van der Waals surface area contributed by atoms with Gasteiger partial charge in [-0.1, -0.05) is 0 Å². The van der Waals surface area contributed by atoms with E-state index < -0.39 is 35.8 Å². The number of carbonyl (C=O) groups is 4. The second-order valence-corrected chi connectivity index (χ2v) is 6.13. The van der Waals surface area contributed by atoms with Crippen molar-refractivity contribution < 1.29 is 29.0 Å². The van der Waals surface area contributed by atoms with Crippen molar-refractivity contribution in [2.75, 3.05) is 0 Å². The molecular formula is C14H18N2O6. The third-order valence-electron chi connectivity index (χ3n) is 4.81. The highest BCUT2D eigenvalue weighted by Crippen LogP contribution is 2.48.